The van der Waals surface area contributed by atoms with E-state index >= 15 is 0 Å². The molecule has 1 aliphatic rings. The molecule has 0 aliphatic heterocycles. The van der Waals surface area contributed by atoms with Gasteiger partial charge in [-0.05, 0) is 48.9 Å². The Labute approximate surface area is 178 Å². The van der Waals surface area contributed by atoms with Crippen molar-refractivity contribution in [2.75, 3.05) is 5.73 Å². The van der Waals surface area contributed by atoms with E-state index in [1.807, 2.05) is 54.6 Å². The summed E-state index contributed by atoms with van der Waals surface area (Å²) in [6.45, 7) is 0. The second kappa shape index (κ2) is 7.29. The van der Waals surface area contributed by atoms with Crippen LogP contribution in [0.5, 0.6) is 0 Å². The minimum absolute atomic E-state index is 0.0382. The molecule has 0 unspecified atom stereocenters. The summed E-state index contributed by atoms with van der Waals surface area (Å²) in [5, 5.41) is 1.68. The highest BCUT2D eigenvalue weighted by Gasteiger charge is 2.26. The number of halogens is 1. The number of aromatic nitrogens is 1. The lowest BCUT2D eigenvalue weighted by molar-refractivity contribution is 0.104. The number of aryl methyl sites for hydroxylation is 1. The zero-order chi connectivity index (χ0) is 20.0. The van der Waals surface area contributed by atoms with Crippen LogP contribution in [0, 0.1) is 0 Å². The van der Waals surface area contributed by atoms with Crippen molar-refractivity contribution in [1.82, 2.24) is 4.98 Å². The minimum Gasteiger partial charge on any atom is -0.397 e. The summed E-state index contributed by atoms with van der Waals surface area (Å²) in [5.74, 6) is -0.0382. The first kappa shape index (κ1) is 18.3. The van der Waals surface area contributed by atoms with Crippen molar-refractivity contribution in [3.63, 3.8) is 0 Å². The van der Waals surface area contributed by atoms with E-state index in [4.69, 9.17) is 22.3 Å². The van der Waals surface area contributed by atoms with Gasteiger partial charge in [0.2, 0.25) is 5.78 Å². The summed E-state index contributed by atoms with van der Waals surface area (Å²) in [6, 6.07) is 17.1. The third-order valence-corrected chi connectivity index (χ3v) is 6.91. The van der Waals surface area contributed by atoms with Crippen LogP contribution in [0.3, 0.4) is 0 Å². The fourth-order valence-corrected chi connectivity index (χ4v) is 5.36. The first-order chi connectivity index (χ1) is 14.1. The van der Waals surface area contributed by atoms with Crippen LogP contribution in [-0.4, -0.2) is 10.8 Å². The maximum atomic E-state index is 13.1. The molecule has 0 atom stereocenters. The smallest absolute Gasteiger partial charge is 0.205 e. The molecule has 0 fully saturated rings. The lowest BCUT2D eigenvalue weighted by Crippen LogP contribution is -2.08. The Morgan fingerprint density at radius 3 is 2.38 bits per heavy atom. The number of ketones is 1. The fraction of sp³-hybridized carbons (Fsp3) is 0.167. The molecule has 3 nitrogen and oxygen atoms in total. The zero-order valence-corrected chi connectivity index (χ0v) is 17.3. The van der Waals surface area contributed by atoms with E-state index in [-0.39, 0.29) is 5.78 Å². The van der Waals surface area contributed by atoms with Gasteiger partial charge < -0.3 is 5.73 Å². The number of fused-ring (bicyclic) bond motifs is 3. The molecule has 4 aromatic rings. The molecule has 1 aliphatic carbocycles. The molecule has 2 heterocycles. The molecule has 5 rings (SSSR count). The summed E-state index contributed by atoms with van der Waals surface area (Å²) in [4.78, 5) is 19.5. The third-order valence-electron chi connectivity index (χ3n) is 5.56. The van der Waals surface area contributed by atoms with E-state index in [1.54, 1.807) is 0 Å². The highest BCUT2D eigenvalue weighted by atomic mass is 35.5. The van der Waals surface area contributed by atoms with Crippen molar-refractivity contribution in [1.29, 1.82) is 0 Å². The van der Waals surface area contributed by atoms with Crippen LogP contribution in [0.15, 0.2) is 54.6 Å². The van der Waals surface area contributed by atoms with Crippen molar-refractivity contribution < 1.29 is 4.79 Å². The predicted octanol–water partition coefficient (Wildman–Crippen LogP) is 6.31. The number of carbonyl (C=O) groups excluding carboxylic acids is 1. The molecule has 5 heteroatoms. The van der Waals surface area contributed by atoms with Gasteiger partial charge in [0.05, 0.1) is 11.4 Å². The second-order valence-electron chi connectivity index (χ2n) is 7.35. The number of anilines is 1. The first-order valence-corrected chi connectivity index (χ1v) is 10.9. The van der Waals surface area contributed by atoms with Crippen molar-refractivity contribution in [2.24, 2.45) is 0 Å². The number of hydrogen-bond donors (Lipinski definition) is 1. The van der Waals surface area contributed by atoms with Crippen LogP contribution >= 0.6 is 22.9 Å². The Morgan fingerprint density at radius 1 is 0.966 bits per heavy atom. The van der Waals surface area contributed by atoms with E-state index in [2.05, 4.69) is 0 Å². The number of carbonyl (C=O) groups is 1. The predicted molar refractivity (Wildman–Crippen MR) is 121 cm³/mol. The van der Waals surface area contributed by atoms with Crippen LogP contribution in [0.25, 0.3) is 21.5 Å². The lowest BCUT2D eigenvalue weighted by Gasteiger charge is -2.20. The average molecular weight is 419 g/mol. The Hall–Kier alpha value is -2.69. The number of pyridine rings is 1. The van der Waals surface area contributed by atoms with Crippen LogP contribution in [-0.2, 0) is 12.8 Å². The van der Waals surface area contributed by atoms with Gasteiger partial charge in [0, 0.05) is 21.5 Å². The SMILES string of the molecule is Nc1c(C(=O)c2ccccc2)sc2nc(-c3ccc(Cl)cc3)c3c(c12)CCCC3. The van der Waals surface area contributed by atoms with Gasteiger partial charge in [0.1, 0.15) is 9.71 Å². The average Bonchev–Trinajstić information content (AvgIpc) is 3.10. The van der Waals surface area contributed by atoms with Crippen molar-refractivity contribution in [3.8, 4) is 11.3 Å². The standard InChI is InChI=1S/C24H19ClN2OS/c25-16-12-10-14(11-13-16)21-18-9-5-4-8-17(18)19-20(26)23(29-24(19)27-21)22(28)15-6-2-1-3-7-15/h1-3,6-7,10-13H,4-5,8-9,26H2. The number of nitrogens with zero attached hydrogens (tertiary/aromatic N) is 1. The quantitative estimate of drug-likeness (QED) is 0.396. The largest absolute Gasteiger partial charge is 0.397 e. The van der Waals surface area contributed by atoms with Gasteiger partial charge in [0.25, 0.3) is 0 Å². The Balaban J connectivity index is 1.74. The van der Waals surface area contributed by atoms with Crippen molar-refractivity contribution in [2.45, 2.75) is 25.7 Å². The van der Waals surface area contributed by atoms with Gasteiger partial charge >= 0.3 is 0 Å². The third kappa shape index (κ3) is 3.13. The molecule has 0 radical (unpaired) electrons. The monoisotopic (exact) mass is 418 g/mol. The highest BCUT2D eigenvalue weighted by molar-refractivity contribution is 7.21. The molecule has 2 N–H and O–H groups in total. The van der Waals surface area contributed by atoms with Crippen LogP contribution in [0.4, 0.5) is 5.69 Å². The molecule has 0 saturated heterocycles. The number of nitrogen functional groups attached to an aromatic ring is 1. The van der Waals surface area contributed by atoms with E-state index in [1.165, 1.54) is 22.5 Å². The minimum atomic E-state index is -0.0382. The Kier molecular flexibility index (Phi) is 4.61. The molecule has 0 saturated carbocycles. The molecule has 144 valence electrons. The summed E-state index contributed by atoms with van der Waals surface area (Å²) in [5.41, 5.74) is 12.3. The van der Waals surface area contributed by atoms with Gasteiger partial charge in [-0.1, -0.05) is 54.1 Å². The number of hydrogen-bond acceptors (Lipinski definition) is 4. The van der Waals surface area contributed by atoms with Gasteiger partial charge in [-0.2, -0.15) is 0 Å². The maximum absolute atomic E-state index is 13.1. The van der Waals surface area contributed by atoms with Crippen molar-refractivity contribution in [3.05, 3.63) is 81.2 Å². The van der Waals surface area contributed by atoms with E-state index in [0.29, 0.717) is 21.2 Å². The Bertz CT molecular complexity index is 1230. The molecule has 2 aromatic heterocycles. The van der Waals surface area contributed by atoms with Crippen LogP contribution in [0.1, 0.15) is 39.2 Å². The van der Waals surface area contributed by atoms with Crippen molar-refractivity contribution >= 4 is 44.6 Å². The van der Waals surface area contributed by atoms with E-state index in [9.17, 15) is 4.79 Å². The van der Waals surface area contributed by atoms with Gasteiger partial charge in [0.15, 0.2) is 0 Å². The zero-order valence-electron chi connectivity index (χ0n) is 15.7. The lowest BCUT2D eigenvalue weighted by atomic mass is 9.87. The van der Waals surface area contributed by atoms with E-state index < -0.39 is 0 Å². The van der Waals surface area contributed by atoms with Gasteiger partial charge in [-0.15, -0.1) is 11.3 Å². The molecular weight excluding hydrogens is 400 g/mol. The molecule has 2 aromatic carbocycles. The number of rotatable bonds is 3. The number of benzene rings is 2. The highest BCUT2D eigenvalue weighted by Crippen LogP contribution is 2.42. The fourth-order valence-electron chi connectivity index (χ4n) is 4.15. The summed E-state index contributed by atoms with van der Waals surface area (Å²) in [6.07, 6.45) is 4.21. The summed E-state index contributed by atoms with van der Waals surface area (Å²) < 4.78 is 0. The van der Waals surface area contributed by atoms with Gasteiger partial charge in [-0.3, -0.25) is 4.79 Å². The summed E-state index contributed by atoms with van der Waals surface area (Å²) >= 11 is 7.48. The first-order valence-electron chi connectivity index (χ1n) is 9.73. The molecular formula is C24H19ClN2OS. The maximum Gasteiger partial charge on any atom is 0.205 e. The number of thiophene rings is 1. The second-order valence-corrected chi connectivity index (χ2v) is 8.79. The molecule has 29 heavy (non-hydrogen) atoms. The summed E-state index contributed by atoms with van der Waals surface area (Å²) in [7, 11) is 0. The van der Waals surface area contributed by atoms with E-state index in [0.717, 1.165) is 47.2 Å². The topological polar surface area (TPSA) is 56.0 Å². The number of nitrogens with two attached hydrogens (primary N) is 1. The van der Waals surface area contributed by atoms with Crippen LogP contribution < -0.4 is 5.73 Å². The van der Waals surface area contributed by atoms with Gasteiger partial charge in [-0.25, -0.2) is 4.98 Å². The molecule has 0 spiro atoms. The van der Waals surface area contributed by atoms with Crippen LogP contribution in [0.2, 0.25) is 5.02 Å². The normalized spacial score (nSPS) is 13.4. The molecule has 0 amide bonds. The molecule has 0 bridgehead atoms. The Morgan fingerprint density at radius 2 is 1.66 bits per heavy atom.